The molecule has 0 spiro atoms. The third-order valence-corrected chi connectivity index (χ3v) is 3.12. The van der Waals surface area contributed by atoms with E-state index in [0.717, 1.165) is 30.0 Å². The van der Waals surface area contributed by atoms with Crippen molar-refractivity contribution in [3.8, 4) is 5.75 Å². The van der Waals surface area contributed by atoms with Gasteiger partial charge in [0.15, 0.2) is 11.5 Å². The first kappa shape index (κ1) is 13.2. The van der Waals surface area contributed by atoms with Gasteiger partial charge in [0.05, 0.1) is 12.9 Å². The topological polar surface area (TPSA) is 105 Å². The van der Waals surface area contributed by atoms with Crippen molar-refractivity contribution in [2.45, 2.75) is 13.0 Å². The van der Waals surface area contributed by atoms with E-state index in [1.165, 1.54) is 6.33 Å². The smallest absolute Gasteiger partial charge is 0.165 e. The summed E-state index contributed by atoms with van der Waals surface area (Å²) in [6.07, 6.45) is 4.00. The maximum absolute atomic E-state index is 5.75. The van der Waals surface area contributed by atoms with Gasteiger partial charge in [-0.2, -0.15) is 0 Å². The Bertz CT molecular complexity index is 737. The first-order valence-corrected chi connectivity index (χ1v) is 6.63. The van der Waals surface area contributed by atoms with Crippen molar-refractivity contribution >= 4 is 22.7 Å². The molecule has 4 N–H and O–H groups in total. The quantitative estimate of drug-likeness (QED) is 0.543. The van der Waals surface area contributed by atoms with E-state index in [2.05, 4.69) is 15.0 Å². The zero-order chi connectivity index (χ0) is 14.7. The molecule has 0 aliphatic carbocycles. The van der Waals surface area contributed by atoms with Gasteiger partial charge in [-0.15, -0.1) is 0 Å². The molecule has 0 unspecified atom stereocenters. The monoisotopic (exact) mass is 284 g/mol. The molecule has 0 aliphatic rings. The molecule has 0 bridgehead atoms. The van der Waals surface area contributed by atoms with Crippen molar-refractivity contribution in [3.05, 3.63) is 36.9 Å². The zero-order valence-electron chi connectivity index (χ0n) is 11.4. The second-order valence-electron chi connectivity index (χ2n) is 4.64. The van der Waals surface area contributed by atoms with Crippen LogP contribution in [0.1, 0.15) is 6.42 Å². The number of fused-ring (bicyclic) bond motifs is 1. The fourth-order valence-corrected chi connectivity index (χ4v) is 2.05. The number of imidazole rings is 1. The van der Waals surface area contributed by atoms with Gasteiger partial charge in [-0.25, -0.2) is 15.0 Å². The summed E-state index contributed by atoms with van der Waals surface area (Å²) in [6, 6.07) is 7.35. The summed E-state index contributed by atoms with van der Waals surface area (Å²) in [5.74, 6) is 1.21. The van der Waals surface area contributed by atoms with Gasteiger partial charge in [0.2, 0.25) is 0 Å². The van der Waals surface area contributed by atoms with Gasteiger partial charge in [-0.05, 0) is 30.7 Å². The third kappa shape index (κ3) is 2.86. The van der Waals surface area contributed by atoms with E-state index in [1.807, 2.05) is 28.8 Å². The first-order valence-electron chi connectivity index (χ1n) is 6.63. The number of ether oxygens (including phenoxy) is 1. The van der Waals surface area contributed by atoms with Crippen LogP contribution in [0.3, 0.4) is 0 Å². The molecular weight excluding hydrogens is 268 g/mol. The molecule has 3 rings (SSSR count). The van der Waals surface area contributed by atoms with Crippen LogP contribution in [-0.4, -0.2) is 26.1 Å². The van der Waals surface area contributed by atoms with E-state index in [1.54, 1.807) is 6.33 Å². The van der Waals surface area contributed by atoms with Gasteiger partial charge >= 0.3 is 0 Å². The van der Waals surface area contributed by atoms with Gasteiger partial charge in [-0.3, -0.25) is 0 Å². The summed E-state index contributed by atoms with van der Waals surface area (Å²) < 4.78 is 7.59. The Morgan fingerprint density at radius 1 is 1.05 bits per heavy atom. The van der Waals surface area contributed by atoms with Crippen LogP contribution in [0.15, 0.2) is 36.9 Å². The number of nitrogen functional groups attached to an aromatic ring is 2. The number of hydrogen-bond acceptors (Lipinski definition) is 6. The average molecular weight is 284 g/mol. The number of rotatable bonds is 5. The van der Waals surface area contributed by atoms with Gasteiger partial charge in [0, 0.05) is 12.2 Å². The highest BCUT2D eigenvalue weighted by Gasteiger charge is 2.07. The number of anilines is 2. The largest absolute Gasteiger partial charge is 0.494 e. The lowest BCUT2D eigenvalue weighted by atomic mass is 10.3. The standard InChI is InChI=1S/C14H16N6O/c15-10-2-4-11(5-3-10)21-7-1-6-20-9-19-12-13(16)17-8-18-14(12)20/h2-5,8-9H,1,6-7,15H2,(H2,16,17,18). The Kier molecular flexibility index (Phi) is 3.55. The minimum atomic E-state index is 0.400. The van der Waals surface area contributed by atoms with Crippen molar-refractivity contribution in [2.24, 2.45) is 0 Å². The van der Waals surface area contributed by atoms with Crippen LogP contribution in [0, 0.1) is 0 Å². The molecule has 7 heteroatoms. The number of aryl methyl sites for hydroxylation is 1. The van der Waals surface area contributed by atoms with Gasteiger partial charge < -0.3 is 20.8 Å². The molecule has 3 aromatic rings. The molecule has 1 aromatic carbocycles. The van der Waals surface area contributed by atoms with Crippen LogP contribution < -0.4 is 16.2 Å². The van der Waals surface area contributed by atoms with E-state index in [-0.39, 0.29) is 0 Å². The van der Waals surface area contributed by atoms with Crippen molar-refractivity contribution in [1.29, 1.82) is 0 Å². The number of aromatic nitrogens is 4. The van der Waals surface area contributed by atoms with E-state index in [9.17, 15) is 0 Å². The Hall–Kier alpha value is -2.83. The highest BCUT2D eigenvalue weighted by Crippen LogP contribution is 2.15. The van der Waals surface area contributed by atoms with Crippen LogP contribution >= 0.6 is 0 Å². The maximum atomic E-state index is 5.75. The minimum Gasteiger partial charge on any atom is -0.494 e. The highest BCUT2D eigenvalue weighted by atomic mass is 16.5. The second-order valence-corrected chi connectivity index (χ2v) is 4.64. The number of nitrogens with two attached hydrogens (primary N) is 2. The summed E-state index contributed by atoms with van der Waals surface area (Å²) in [5, 5.41) is 0. The first-order chi connectivity index (χ1) is 10.2. The summed E-state index contributed by atoms with van der Waals surface area (Å²) >= 11 is 0. The summed E-state index contributed by atoms with van der Waals surface area (Å²) in [7, 11) is 0. The van der Waals surface area contributed by atoms with Gasteiger partial charge in [0.1, 0.15) is 17.6 Å². The molecule has 0 aliphatic heterocycles. The van der Waals surface area contributed by atoms with Crippen molar-refractivity contribution in [1.82, 2.24) is 19.5 Å². The summed E-state index contributed by atoms with van der Waals surface area (Å²) in [6.45, 7) is 1.35. The molecule has 2 heterocycles. The van der Waals surface area contributed by atoms with Crippen molar-refractivity contribution in [3.63, 3.8) is 0 Å². The summed E-state index contributed by atoms with van der Waals surface area (Å²) in [4.78, 5) is 12.3. The number of benzene rings is 1. The summed E-state index contributed by atoms with van der Waals surface area (Å²) in [5.41, 5.74) is 13.5. The number of hydrogen-bond donors (Lipinski definition) is 2. The van der Waals surface area contributed by atoms with Crippen LogP contribution in [0.4, 0.5) is 11.5 Å². The lowest BCUT2D eigenvalue weighted by molar-refractivity contribution is 0.302. The van der Waals surface area contributed by atoms with E-state index < -0.39 is 0 Å². The zero-order valence-corrected chi connectivity index (χ0v) is 11.4. The van der Waals surface area contributed by atoms with Crippen LogP contribution in [0.25, 0.3) is 11.2 Å². The second kappa shape index (κ2) is 5.66. The third-order valence-electron chi connectivity index (χ3n) is 3.12. The Morgan fingerprint density at radius 2 is 1.86 bits per heavy atom. The molecule has 0 atom stereocenters. The number of nitrogens with zero attached hydrogens (tertiary/aromatic N) is 4. The highest BCUT2D eigenvalue weighted by molar-refractivity contribution is 5.80. The fourth-order valence-electron chi connectivity index (χ4n) is 2.05. The molecule has 7 nitrogen and oxygen atoms in total. The average Bonchev–Trinajstić information content (AvgIpc) is 2.90. The molecule has 0 amide bonds. The molecule has 0 saturated heterocycles. The van der Waals surface area contributed by atoms with Crippen molar-refractivity contribution < 1.29 is 4.74 Å². The Morgan fingerprint density at radius 3 is 2.67 bits per heavy atom. The fraction of sp³-hybridized carbons (Fsp3) is 0.214. The molecule has 108 valence electrons. The molecule has 0 fully saturated rings. The van der Waals surface area contributed by atoms with E-state index >= 15 is 0 Å². The molecular formula is C14H16N6O. The minimum absolute atomic E-state index is 0.400. The molecule has 21 heavy (non-hydrogen) atoms. The van der Waals surface area contributed by atoms with E-state index in [0.29, 0.717) is 17.9 Å². The van der Waals surface area contributed by atoms with Crippen LogP contribution in [0.5, 0.6) is 5.75 Å². The normalized spacial score (nSPS) is 10.9. The van der Waals surface area contributed by atoms with Gasteiger partial charge in [0.25, 0.3) is 0 Å². The Balaban J connectivity index is 1.57. The molecule has 0 radical (unpaired) electrons. The molecule has 0 saturated carbocycles. The SMILES string of the molecule is Nc1ccc(OCCCn2cnc3c(N)ncnc32)cc1. The predicted octanol–water partition coefficient (Wildman–Crippen LogP) is 1.46. The lowest BCUT2D eigenvalue weighted by Gasteiger charge is -2.07. The molecule has 2 aromatic heterocycles. The van der Waals surface area contributed by atoms with Gasteiger partial charge in [-0.1, -0.05) is 0 Å². The lowest BCUT2D eigenvalue weighted by Crippen LogP contribution is -2.04. The van der Waals surface area contributed by atoms with Crippen LogP contribution in [0.2, 0.25) is 0 Å². The van der Waals surface area contributed by atoms with Crippen LogP contribution in [-0.2, 0) is 6.54 Å². The predicted molar refractivity (Wildman–Crippen MR) is 80.7 cm³/mol. The maximum Gasteiger partial charge on any atom is 0.165 e. The Labute approximate surface area is 121 Å². The van der Waals surface area contributed by atoms with E-state index in [4.69, 9.17) is 16.2 Å². The van der Waals surface area contributed by atoms with Crippen molar-refractivity contribution in [2.75, 3.05) is 18.1 Å².